The molecule has 1 aromatic rings. The maximum absolute atomic E-state index is 12.1. The van der Waals surface area contributed by atoms with Crippen molar-refractivity contribution in [2.75, 3.05) is 37.6 Å². The fraction of sp³-hybridized carbons (Fsp3) is 0.600. The summed E-state index contributed by atoms with van der Waals surface area (Å²) in [5.41, 5.74) is 0.944. The summed E-state index contributed by atoms with van der Waals surface area (Å²) in [6, 6.07) is 6.10. The molecular weight excluding hydrogens is 281 g/mol. The minimum Gasteiger partial charge on any atom is -0.406 e. The average molecular weight is 302 g/mol. The topological polar surface area (TPSA) is 15.7 Å². The second-order valence-electron chi connectivity index (χ2n) is 5.22. The van der Waals surface area contributed by atoms with E-state index >= 15 is 0 Å². The highest BCUT2D eigenvalue weighted by Crippen LogP contribution is 2.25. The van der Waals surface area contributed by atoms with Gasteiger partial charge in [0.25, 0.3) is 0 Å². The first kappa shape index (κ1) is 15.9. The molecule has 3 nitrogen and oxygen atoms in total. The van der Waals surface area contributed by atoms with Crippen molar-refractivity contribution in [3.8, 4) is 5.75 Å². The molecule has 1 aliphatic rings. The van der Waals surface area contributed by atoms with E-state index in [0.717, 1.165) is 38.4 Å². The van der Waals surface area contributed by atoms with Crippen LogP contribution in [0, 0.1) is 0 Å². The summed E-state index contributed by atoms with van der Waals surface area (Å²) in [4.78, 5) is 4.63. The molecule has 1 heterocycles. The summed E-state index contributed by atoms with van der Waals surface area (Å²) >= 11 is 0. The van der Waals surface area contributed by atoms with E-state index in [9.17, 15) is 13.2 Å². The van der Waals surface area contributed by atoms with Crippen molar-refractivity contribution < 1.29 is 17.9 Å². The molecule has 0 atom stereocenters. The lowest BCUT2D eigenvalue weighted by molar-refractivity contribution is -0.274. The van der Waals surface area contributed by atoms with E-state index in [1.165, 1.54) is 25.0 Å². The van der Waals surface area contributed by atoms with E-state index in [4.69, 9.17) is 0 Å². The van der Waals surface area contributed by atoms with Crippen molar-refractivity contribution in [2.45, 2.75) is 26.1 Å². The molecule has 2 rings (SSSR count). The quantitative estimate of drug-likeness (QED) is 0.828. The zero-order valence-electron chi connectivity index (χ0n) is 12.2. The maximum Gasteiger partial charge on any atom is 0.573 e. The molecule has 21 heavy (non-hydrogen) atoms. The Morgan fingerprint density at radius 3 is 2.19 bits per heavy atom. The van der Waals surface area contributed by atoms with Gasteiger partial charge in [0.05, 0.1) is 0 Å². The van der Waals surface area contributed by atoms with E-state index in [-0.39, 0.29) is 5.75 Å². The molecular formula is C15H21F3N2O. The van der Waals surface area contributed by atoms with Crippen LogP contribution in [0.4, 0.5) is 18.9 Å². The SMILES string of the molecule is CCCCN1CCN(c2ccc(OC(F)(F)F)cc2)CC1. The van der Waals surface area contributed by atoms with Crippen LogP contribution in [0.3, 0.4) is 0 Å². The maximum atomic E-state index is 12.1. The molecule has 0 radical (unpaired) electrons. The summed E-state index contributed by atoms with van der Waals surface area (Å²) < 4.78 is 40.2. The molecule has 0 aromatic heterocycles. The Morgan fingerprint density at radius 1 is 1.05 bits per heavy atom. The Morgan fingerprint density at radius 2 is 1.67 bits per heavy atom. The summed E-state index contributed by atoms with van der Waals surface area (Å²) in [6.07, 6.45) is -2.23. The molecule has 0 amide bonds. The molecule has 1 saturated heterocycles. The number of ether oxygens (including phenoxy) is 1. The van der Waals surface area contributed by atoms with Crippen LogP contribution < -0.4 is 9.64 Å². The second-order valence-corrected chi connectivity index (χ2v) is 5.22. The molecule has 1 fully saturated rings. The Bertz CT molecular complexity index is 426. The highest BCUT2D eigenvalue weighted by molar-refractivity contribution is 5.49. The number of benzene rings is 1. The Balaban J connectivity index is 1.86. The molecule has 6 heteroatoms. The molecule has 1 aliphatic heterocycles. The molecule has 118 valence electrons. The average Bonchev–Trinajstić information content (AvgIpc) is 2.45. The van der Waals surface area contributed by atoms with E-state index < -0.39 is 6.36 Å². The van der Waals surface area contributed by atoms with Crippen molar-refractivity contribution in [1.82, 2.24) is 4.90 Å². The van der Waals surface area contributed by atoms with E-state index in [1.807, 2.05) is 0 Å². The Kier molecular flexibility index (Phi) is 5.33. The molecule has 0 spiro atoms. The molecule has 0 unspecified atom stereocenters. The normalized spacial score (nSPS) is 17.0. The number of halogens is 3. The van der Waals surface area contributed by atoms with Crippen molar-refractivity contribution >= 4 is 5.69 Å². The van der Waals surface area contributed by atoms with Crippen LogP contribution in [0.25, 0.3) is 0 Å². The van der Waals surface area contributed by atoms with E-state index in [2.05, 4.69) is 21.5 Å². The zero-order chi connectivity index (χ0) is 15.3. The van der Waals surface area contributed by atoms with Gasteiger partial charge < -0.3 is 9.64 Å². The first-order valence-corrected chi connectivity index (χ1v) is 7.31. The van der Waals surface area contributed by atoms with Crippen LogP contribution in [0.15, 0.2) is 24.3 Å². The number of unbranched alkanes of at least 4 members (excludes halogenated alkanes) is 1. The summed E-state index contributed by atoms with van der Waals surface area (Å²) in [5.74, 6) is -0.173. The first-order chi connectivity index (χ1) is 9.98. The fourth-order valence-corrected chi connectivity index (χ4v) is 2.47. The first-order valence-electron chi connectivity index (χ1n) is 7.31. The van der Waals surface area contributed by atoms with Crippen molar-refractivity contribution in [3.63, 3.8) is 0 Å². The van der Waals surface area contributed by atoms with Gasteiger partial charge in [0.15, 0.2) is 0 Å². The Labute approximate surface area is 123 Å². The minimum absolute atomic E-state index is 0.173. The smallest absolute Gasteiger partial charge is 0.406 e. The molecule has 0 N–H and O–H groups in total. The van der Waals surface area contributed by atoms with Gasteiger partial charge >= 0.3 is 6.36 Å². The van der Waals surface area contributed by atoms with E-state index in [0.29, 0.717) is 0 Å². The van der Waals surface area contributed by atoms with Crippen molar-refractivity contribution in [2.24, 2.45) is 0 Å². The van der Waals surface area contributed by atoms with Crippen LogP contribution >= 0.6 is 0 Å². The largest absolute Gasteiger partial charge is 0.573 e. The van der Waals surface area contributed by atoms with Gasteiger partial charge in [-0.05, 0) is 37.2 Å². The number of hydrogen-bond donors (Lipinski definition) is 0. The lowest BCUT2D eigenvalue weighted by Crippen LogP contribution is -2.46. The van der Waals surface area contributed by atoms with Gasteiger partial charge in [0.1, 0.15) is 5.75 Å². The van der Waals surface area contributed by atoms with Crippen molar-refractivity contribution in [1.29, 1.82) is 0 Å². The van der Waals surface area contributed by atoms with Crippen LogP contribution in [0.1, 0.15) is 19.8 Å². The van der Waals surface area contributed by atoms with Gasteiger partial charge in [-0.2, -0.15) is 0 Å². The predicted molar refractivity (Wildman–Crippen MR) is 76.7 cm³/mol. The van der Waals surface area contributed by atoms with Crippen LogP contribution in [-0.2, 0) is 0 Å². The summed E-state index contributed by atoms with van der Waals surface area (Å²) in [5, 5.41) is 0. The third-order valence-electron chi connectivity index (χ3n) is 3.64. The molecule has 0 aliphatic carbocycles. The van der Waals surface area contributed by atoms with Gasteiger partial charge in [-0.15, -0.1) is 13.2 Å². The third-order valence-corrected chi connectivity index (χ3v) is 3.64. The highest BCUT2D eigenvalue weighted by atomic mass is 19.4. The lowest BCUT2D eigenvalue weighted by Gasteiger charge is -2.36. The number of nitrogens with zero attached hydrogens (tertiary/aromatic N) is 2. The van der Waals surface area contributed by atoms with Crippen LogP contribution in [-0.4, -0.2) is 44.0 Å². The number of alkyl halides is 3. The minimum atomic E-state index is -4.63. The third kappa shape index (κ3) is 5.12. The van der Waals surface area contributed by atoms with Gasteiger partial charge in [0, 0.05) is 31.9 Å². The van der Waals surface area contributed by atoms with Gasteiger partial charge in [-0.1, -0.05) is 13.3 Å². The van der Waals surface area contributed by atoms with Gasteiger partial charge in [0.2, 0.25) is 0 Å². The molecule has 0 bridgehead atoms. The zero-order valence-corrected chi connectivity index (χ0v) is 12.2. The number of rotatable bonds is 5. The Hall–Kier alpha value is -1.43. The number of anilines is 1. The molecule has 0 saturated carbocycles. The standard InChI is InChI=1S/C15H21F3N2O/c1-2-3-8-19-9-11-20(12-10-19)13-4-6-14(7-5-13)21-15(16,17)18/h4-7H,2-3,8-12H2,1H3. The van der Waals surface area contributed by atoms with Gasteiger partial charge in [-0.25, -0.2) is 0 Å². The van der Waals surface area contributed by atoms with Gasteiger partial charge in [-0.3, -0.25) is 4.90 Å². The summed E-state index contributed by atoms with van der Waals surface area (Å²) in [7, 11) is 0. The molecule has 1 aromatic carbocycles. The highest BCUT2D eigenvalue weighted by Gasteiger charge is 2.31. The van der Waals surface area contributed by atoms with E-state index in [1.54, 1.807) is 12.1 Å². The number of hydrogen-bond acceptors (Lipinski definition) is 3. The fourth-order valence-electron chi connectivity index (χ4n) is 2.47. The lowest BCUT2D eigenvalue weighted by atomic mass is 10.2. The summed E-state index contributed by atoms with van der Waals surface area (Å²) in [6.45, 7) is 7.12. The van der Waals surface area contributed by atoms with Crippen LogP contribution in [0.5, 0.6) is 5.75 Å². The number of piperazine rings is 1. The monoisotopic (exact) mass is 302 g/mol. The predicted octanol–water partition coefficient (Wildman–Crippen LogP) is 3.51. The second kappa shape index (κ2) is 7.02. The van der Waals surface area contributed by atoms with Crippen LogP contribution in [0.2, 0.25) is 0 Å². The van der Waals surface area contributed by atoms with Crippen molar-refractivity contribution in [3.05, 3.63) is 24.3 Å².